The summed E-state index contributed by atoms with van der Waals surface area (Å²) in [5, 5.41) is 3.21. The maximum Gasteiger partial charge on any atom is 0.416 e. The summed E-state index contributed by atoms with van der Waals surface area (Å²) in [5.74, 6) is 1.15. The summed E-state index contributed by atoms with van der Waals surface area (Å²) in [6.45, 7) is 0.865. The van der Waals surface area contributed by atoms with Gasteiger partial charge in [0.05, 0.1) is 5.56 Å². The summed E-state index contributed by atoms with van der Waals surface area (Å²) in [6.07, 6.45) is -2.05. The van der Waals surface area contributed by atoms with Gasteiger partial charge in [0.1, 0.15) is 0 Å². The molecule has 2 heterocycles. The Balaban J connectivity index is 1.54. The smallest absolute Gasteiger partial charge is 0.416 e. The number of ether oxygens (including phenoxy) is 2. The minimum Gasteiger partial charge on any atom is -0.454 e. The van der Waals surface area contributed by atoms with Crippen LogP contribution in [0.5, 0.6) is 11.5 Å². The third kappa shape index (κ3) is 3.63. The van der Waals surface area contributed by atoms with Gasteiger partial charge in [-0.1, -0.05) is 12.1 Å². The summed E-state index contributed by atoms with van der Waals surface area (Å²) in [7, 11) is 0. The highest BCUT2D eigenvalue weighted by Crippen LogP contribution is 2.38. The number of allylic oxidation sites excluding steroid dienone is 1. The Morgan fingerprint density at radius 1 is 1.11 bits per heavy atom. The van der Waals surface area contributed by atoms with Gasteiger partial charge in [0.2, 0.25) is 6.79 Å². The third-order valence-electron chi connectivity index (χ3n) is 4.56. The summed E-state index contributed by atoms with van der Waals surface area (Å²) in [4.78, 5) is 12.4. The number of hydrogen-bond acceptors (Lipinski definition) is 4. The molecule has 0 spiro atoms. The van der Waals surface area contributed by atoms with Crippen molar-refractivity contribution in [3.05, 3.63) is 64.7 Å². The number of rotatable bonds is 3. The van der Waals surface area contributed by atoms with E-state index < -0.39 is 11.7 Å². The molecule has 2 aliphatic heterocycles. The van der Waals surface area contributed by atoms with Crippen molar-refractivity contribution < 1.29 is 27.4 Å². The van der Waals surface area contributed by atoms with Gasteiger partial charge >= 0.3 is 6.18 Å². The molecule has 0 atom stereocenters. The second-order valence-electron chi connectivity index (χ2n) is 6.44. The van der Waals surface area contributed by atoms with E-state index in [9.17, 15) is 18.0 Å². The van der Waals surface area contributed by atoms with E-state index in [1.165, 1.54) is 18.2 Å². The van der Waals surface area contributed by atoms with Crippen LogP contribution in [0.3, 0.4) is 0 Å². The summed E-state index contributed by atoms with van der Waals surface area (Å²) in [5.41, 5.74) is 2.44. The van der Waals surface area contributed by atoms with Crippen molar-refractivity contribution in [2.24, 2.45) is 0 Å². The first kappa shape index (κ1) is 17.5. The Morgan fingerprint density at radius 2 is 1.81 bits per heavy atom. The quantitative estimate of drug-likeness (QED) is 0.831. The maximum atomic E-state index is 12.6. The van der Waals surface area contributed by atoms with Crippen molar-refractivity contribution in [1.82, 2.24) is 5.32 Å². The summed E-state index contributed by atoms with van der Waals surface area (Å²) >= 11 is 0. The van der Waals surface area contributed by atoms with E-state index in [0.29, 0.717) is 29.3 Å². The number of ketones is 1. The monoisotopic (exact) mass is 375 g/mol. The van der Waals surface area contributed by atoms with Crippen molar-refractivity contribution in [2.75, 3.05) is 13.3 Å². The maximum absolute atomic E-state index is 12.6. The molecule has 0 saturated heterocycles. The van der Waals surface area contributed by atoms with Crippen LogP contribution in [0.1, 0.15) is 22.3 Å². The highest BCUT2D eigenvalue weighted by Gasteiger charge is 2.30. The molecule has 0 radical (unpaired) electrons. The van der Waals surface area contributed by atoms with Gasteiger partial charge in [-0.05, 0) is 41.8 Å². The lowest BCUT2D eigenvalue weighted by Crippen LogP contribution is -2.23. The highest BCUT2D eigenvalue weighted by molar-refractivity contribution is 5.98. The molecule has 0 unspecified atom stereocenters. The molecular formula is C20H16F3NO3. The number of carbonyl (C=O) groups excluding carboxylic acids is 1. The molecule has 4 rings (SSSR count). The lowest BCUT2D eigenvalue weighted by atomic mass is 9.96. The molecule has 4 nitrogen and oxygen atoms in total. The second-order valence-corrected chi connectivity index (χ2v) is 6.44. The molecule has 0 bridgehead atoms. The Morgan fingerprint density at radius 3 is 2.52 bits per heavy atom. The minimum atomic E-state index is -4.38. The zero-order valence-electron chi connectivity index (χ0n) is 14.2. The van der Waals surface area contributed by atoms with Crippen LogP contribution in [0.4, 0.5) is 13.2 Å². The molecule has 0 aromatic heterocycles. The SMILES string of the molecule is O=C(C=C1NCCc2cc3c(cc21)OCO3)Cc1ccc(C(F)(F)F)cc1. The Hall–Kier alpha value is -2.96. The molecule has 2 aliphatic rings. The first-order valence-electron chi connectivity index (χ1n) is 8.47. The van der Waals surface area contributed by atoms with Crippen LogP contribution in [0, 0.1) is 0 Å². The zero-order chi connectivity index (χ0) is 19.0. The molecule has 2 aromatic carbocycles. The van der Waals surface area contributed by atoms with Gasteiger partial charge in [0.15, 0.2) is 17.3 Å². The predicted octanol–water partition coefficient (Wildman–Crippen LogP) is 3.73. The topological polar surface area (TPSA) is 47.6 Å². The van der Waals surface area contributed by atoms with E-state index in [1.54, 1.807) is 0 Å². The standard InChI is InChI=1S/C20H16F3NO3/c21-20(22,23)14-3-1-12(2-4-14)7-15(25)9-17-16-10-19-18(26-11-27-19)8-13(16)5-6-24-17/h1-4,8-10,24H,5-7,11H2. The van der Waals surface area contributed by atoms with Crippen LogP contribution < -0.4 is 14.8 Å². The highest BCUT2D eigenvalue weighted by atomic mass is 19.4. The number of nitrogens with one attached hydrogen (secondary N) is 1. The van der Waals surface area contributed by atoms with Gasteiger partial charge in [-0.25, -0.2) is 0 Å². The van der Waals surface area contributed by atoms with E-state index in [4.69, 9.17) is 9.47 Å². The van der Waals surface area contributed by atoms with Crippen LogP contribution in [-0.2, 0) is 23.8 Å². The Bertz CT molecular complexity index is 917. The first-order valence-corrected chi connectivity index (χ1v) is 8.47. The molecule has 0 saturated carbocycles. The number of fused-ring (bicyclic) bond motifs is 2. The largest absolute Gasteiger partial charge is 0.454 e. The van der Waals surface area contributed by atoms with Crippen LogP contribution in [-0.4, -0.2) is 19.1 Å². The van der Waals surface area contributed by atoms with E-state index in [0.717, 1.165) is 29.7 Å². The lowest BCUT2D eigenvalue weighted by molar-refractivity contribution is -0.137. The average Bonchev–Trinajstić information content (AvgIpc) is 3.07. The van der Waals surface area contributed by atoms with E-state index in [2.05, 4.69) is 5.32 Å². The van der Waals surface area contributed by atoms with Crippen molar-refractivity contribution >= 4 is 11.5 Å². The molecule has 140 valence electrons. The fourth-order valence-corrected chi connectivity index (χ4v) is 3.22. The summed E-state index contributed by atoms with van der Waals surface area (Å²) in [6, 6.07) is 8.42. The fraction of sp³-hybridized carbons (Fsp3) is 0.250. The molecule has 0 fully saturated rings. The van der Waals surface area contributed by atoms with Gasteiger partial charge in [0, 0.05) is 30.3 Å². The summed E-state index contributed by atoms with van der Waals surface area (Å²) < 4.78 is 48.7. The first-order chi connectivity index (χ1) is 12.9. The van der Waals surface area contributed by atoms with Gasteiger partial charge < -0.3 is 14.8 Å². The van der Waals surface area contributed by atoms with Crippen LogP contribution in [0.25, 0.3) is 5.70 Å². The molecule has 0 amide bonds. The van der Waals surface area contributed by atoms with Gasteiger partial charge in [-0.3, -0.25) is 4.79 Å². The van der Waals surface area contributed by atoms with Crippen molar-refractivity contribution in [3.8, 4) is 11.5 Å². The lowest BCUT2D eigenvalue weighted by Gasteiger charge is -2.21. The Labute approximate surface area is 153 Å². The molecule has 27 heavy (non-hydrogen) atoms. The molecule has 2 aromatic rings. The Kier molecular flexibility index (Phi) is 4.30. The zero-order valence-corrected chi connectivity index (χ0v) is 14.2. The number of alkyl halides is 3. The van der Waals surface area contributed by atoms with Crippen LogP contribution in [0.15, 0.2) is 42.5 Å². The number of hydrogen-bond donors (Lipinski definition) is 1. The van der Waals surface area contributed by atoms with Gasteiger partial charge in [-0.2, -0.15) is 13.2 Å². The molecular weight excluding hydrogens is 359 g/mol. The van der Waals surface area contributed by atoms with Crippen LogP contribution >= 0.6 is 0 Å². The number of carbonyl (C=O) groups is 1. The molecule has 1 N–H and O–H groups in total. The van der Waals surface area contributed by atoms with Gasteiger partial charge in [-0.15, -0.1) is 0 Å². The fourth-order valence-electron chi connectivity index (χ4n) is 3.22. The van der Waals surface area contributed by atoms with E-state index in [1.807, 2.05) is 12.1 Å². The normalized spacial score (nSPS) is 16.8. The molecule has 0 aliphatic carbocycles. The predicted molar refractivity (Wildman–Crippen MR) is 92.4 cm³/mol. The van der Waals surface area contributed by atoms with Crippen molar-refractivity contribution in [3.63, 3.8) is 0 Å². The van der Waals surface area contributed by atoms with Crippen molar-refractivity contribution in [2.45, 2.75) is 19.0 Å². The number of benzene rings is 2. The van der Waals surface area contributed by atoms with Gasteiger partial charge in [0.25, 0.3) is 0 Å². The average molecular weight is 375 g/mol. The minimum absolute atomic E-state index is 0.0310. The third-order valence-corrected chi connectivity index (χ3v) is 4.56. The second kappa shape index (κ2) is 6.64. The van der Waals surface area contributed by atoms with Crippen LogP contribution in [0.2, 0.25) is 0 Å². The molecule has 7 heteroatoms. The van der Waals surface area contributed by atoms with E-state index >= 15 is 0 Å². The number of halogens is 3. The van der Waals surface area contributed by atoms with Crippen molar-refractivity contribution in [1.29, 1.82) is 0 Å². The van der Waals surface area contributed by atoms with E-state index in [-0.39, 0.29) is 19.0 Å².